The van der Waals surface area contributed by atoms with Crippen LogP contribution in [0.4, 0.5) is 0 Å². The van der Waals surface area contributed by atoms with Gasteiger partial charge in [0.05, 0.1) is 7.11 Å². The number of hydrogen-bond donors (Lipinski definition) is 0. The van der Waals surface area contributed by atoms with Crippen LogP contribution in [0, 0.1) is 0 Å². The van der Waals surface area contributed by atoms with Crippen molar-refractivity contribution in [1.82, 2.24) is 4.90 Å². The Morgan fingerprint density at radius 2 is 1.86 bits per heavy atom. The lowest BCUT2D eigenvalue weighted by molar-refractivity contribution is 0.363. The molecule has 3 heteroatoms. The van der Waals surface area contributed by atoms with E-state index in [4.69, 9.17) is 16.3 Å². The topological polar surface area (TPSA) is 12.5 Å². The van der Waals surface area contributed by atoms with Crippen molar-refractivity contribution in [3.63, 3.8) is 0 Å². The average Bonchev–Trinajstić information content (AvgIpc) is 2.65. The minimum atomic E-state index is 0.764. The number of halogens is 1. The van der Waals surface area contributed by atoms with Crippen LogP contribution >= 0.6 is 11.6 Å². The van der Waals surface area contributed by atoms with Crippen LogP contribution in [0.25, 0.3) is 5.57 Å². The number of hydrogen-bond acceptors (Lipinski definition) is 2. The molecule has 0 aliphatic carbocycles. The lowest BCUT2D eigenvalue weighted by atomic mass is 9.94. The maximum atomic E-state index is 6.00. The summed E-state index contributed by atoms with van der Waals surface area (Å²) < 4.78 is 5.36. The fraction of sp³-hybridized carbons (Fsp3) is 0.222. The first-order chi connectivity index (χ1) is 10.2. The number of benzene rings is 2. The molecule has 1 aliphatic heterocycles. The van der Waals surface area contributed by atoms with Crippen LogP contribution in [0.3, 0.4) is 0 Å². The molecule has 108 valence electrons. The van der Waals surface area contributed by atoms with Crippen molar-refractivity contribution < 1.29 is 4.74 Å². The number of rotatable bonds is 2. The molecule has 0 saturated carbocycles. The molecule has 0 bridgehead atoms. The van der Waals surface area contributed by atoms with Crippen molar-refractivity contribution in [1.29, 1.82) is 0 Å². The molecule has 0 amide bonds. The highest BCUT2D eigenvalue weighted by atomic mass is 35.5. The average molecular weight is 300 g/mol. The first kappa shape index (κ1) is 14.2. The number of likely N-dealkylation sites (N-methyl/N-ethyl adjacent to an activating group) is 1. The normalized spacial score (nSPS) is 15.1. The van der Waals surface area contributed by atoms with Gasteiger partial charge in [-0.2, -0.15) is 0 Å². The summed E-state index contributed by atoms with van der Waals surface area (Å²) in [7, 11) is 3.84. The van der Waals surface area contributed by atoms with Gasteiger partial charge in [-0.05, 0) is 53.6 Å². The summed E-state index contributed by atoms with van der Waals surface area (Å²) >= 11 is 6.00. The molecule has 21 heavy (non-hydrogen) atoms. The first-order valence-electron chi connectivity index (χ1n) is 6.99. The van der Waals surface area contributed by atoms with Crippen LogP contribution in [-0.4, -0.2) is 25.6 Å². The van der Waals surface area contributed by atoms with Gasteiger partial charge in [0.1, 0.15) is 5.75 Å². The van der Waals surface area contributed by atoms with E-state index in [0.29, 0.717) is 0 Å². The van der Waals surface area contributed by atoms with Crippen molar-refractivity contribution in [3.05, 3.63) is 70.3 Å². The van der Waals surface area contributed by atoms with E-state index in [1.807, 2.05) is 18.2 Å². The highest BCUT2D eigenvalue weighted by Gasteiger charge is 2.16. The standard InChI is InChI=1S/C18H18ClNO/c1-20-10-9-18(13-3-5-15(19)6-4-13)17-8-7-16(21-2)11-14(17)12-20/h3-9,11H,10,12H2,1-2H3. The van der Waals surface area contributed by atoms with Gasteiger partial charge in [-0.15, -0.1) is 0 Å². The highest BCUT2D eigenvalue weighted by molar-refractivity contribution is 6.30. The summed E-state index contributed by atoms with van der Waals surface area (Å²) in [5, 5.41) is 0.764. The zero-order chi connectivity index (χ0) is 14.8. The molecule has 0 unspecified atom stereocenters. The summed E-state index contributed by atoms with van der Waals surface area (Å²) in [5.41, 5.74) is 5.01. The van der Waals surface area contributed by atoms with E-state index in [-0.39, 0.29) is 0 Å². The Kier molecular flexibility index (Phi) is 4.00. The van der Waals surface area contributed by atoms with Crippen LogP contribution in [0.1, 0.15) is 16.7 Å². The molecule has 2 nitrogen and oxygen atoms in total. The molecule has 0 spiro atoms. The zero-order valence-corrected chi connectivity index (χ0v) is 13.0. The van der Waals surface area contributed by atoms with Crippen molar-refractivity contribution in [3.8, 4) is 5.75 Å². The third-order valence-corrected chi connectivity index (χ3v) is 4.06. The predicted octanol–water partition coefficient (Wildman–Crippen LogP) is 4.23. The molecule has 0 saturated heterocycles. The molecule has 2 aromatic rings. The third-order valence-electron chi connectivity index (χ3n) is 3.81. The number of ether oxygens (including phenoxy) is 1. The van der Waals surface area contributed by atoms with Gasteiger partial charge in [0, 0.05) is 18.1 Å². The van der Waals surface area contributed by atoms with E-state index in [1.54, 1.807) is 7.11 Å². The SMILES string of the molecule is COc1ccc2c(c1)CN(C)CC=C2c1ccc(Cl)cc1. The van der Waals surface area contributed by atoms with Gasteiger partial charge >= 0.3 is 0 Å². The van der Waals surface area contributed by atoms with Crippen LogP contribution in [0.2, 0.25) is 5.02 Å². The third kappa shape index (κ3) is 2.97. The maximum Gasteiger partial charge on any atom is 0.119 e. The Hall–Kier alpha value is -1.77. The van der Waals surface area contributed by atoms with Gasteiger partial charge in [0.2, 0.25) is 0 Å². The molecular weight excluding hydrogens is 282 g/mol. The second-order valence-electron chi connectivity index (χ2n) is 5.34. The van der Waals surface area contributed by atoms with E-state index in [1.165, 1.54) is 22.3 Å². The molecule has 1 heterocycles. The smallest absolute Gasteiger partial charge is 0.119 e. The van der Waals surface area contributed by atoms with Gasteiger partial charge in [-0.1, -0.05) is 35.9 Å². The Morgan fingerprint density at radius 3 is 2.57 bits per heavy atom. The second-order valence-corrected chi connectivity index (χ2v) is 5.78. The Morgan fingerprint density at radius 1 is 1.10 bits per heavy atom. The molecule has 3 rings (SSSR count). The van der Waals surface area contributed by atoms with E-state index in [0.717, 1.165) is 23.9 Å². The maximum absolute atomic E-state index is 6.00. The summed E-state index contributed by atoms with van der Waals surface area (Å²) in [4.78, 5) is 2.29. The number of methoxy groups -OCH3 is 1. The summed E-state index contributed by atoms with van der Waals surface area (Å²) in [5.74, 6) is 0.902. The monoisotopic (exact) mass is 299 g/mol. The molecule has 0 fully saturated rings. The van der Waals surface area contributed by atoms with Crippen LogP contribution < -0.4 is 4.74 Å². The van der Waals surface area contributed by atoms with E-state index >= 15 is 0 Å². The van der Waals surface area contributed by atoms with Gasteiger partial charge in [-0.3, -0.25) is 4.90 Å². The molecule has 0 atom stereocenters. The van der Waals surface area contributed by atoms with Crippen molar-refractivity contribution >= 4 is 17.2 Å². The van der Waals surface area contributed by atoms with Crippen LogP contribution in [0.15, 0.2) is 48.5 Å². The van der Waals surface area contributed by atoms with E-state index in [9.17, 15) is 0 Å². The zero-order valence-electron chi connectivity index (χ0n) is 12.3. The van der Waals surface area contributed by atoms with Gasteiger partial charge in [-0.25, -0.2) is 0 Å². The largest absolute Gasteiger partial charge is 0.497 e. The Bertz CT molecular complexity index is 676. The summed E-state index contributed by atoms with van der Waals surface area (Å²) in [6.45, 7) is 1.84. The fourth-order valence-corrected chi connectivity index (χ4v) is 2.83. The minimum absolute atomic E-state index is 0.764. The molecule has 0 radical (unpaired) electrons. The lowest BCUT2D eigenvalue weighted by Gasteiger charge is -2.15. The quantitative estimate of drug-likeness (QED) is 0.823. The number of nitrogens with zero attached hydrogens (tertiary/aromatic N) is 1. The molecule has 0 N–H and O–H groups in total. The van der Waals surface area contributed by atoms with Gasteiger partial charge < -0.3 is 4.74 Å². The summed E-state index contributed by atoms with van der Waals surface area (Å²) in [6.07, 6.45) is 2.28. The van der Waals surface area contributed by atoms with Crippen molar-refractivity contribution in [2.75, 3.05) is 20.7 Å². The van der Waals surface area contributed by atoms with E-state index < -0.39 is 0 Å². The van der Waals surface area contributed by atoms with Crippen molar-refractivity contribution in [2.24, 2.45) is 0 Å². The highest BCUT2D eigenvalue weighted by Crippen LogP contribution is 2.32. The Balaban J connectivity index is 2.11. The Labute approximate surface area is 130 Å². The molecular formula is C18H18ClNO. The summed E-state index contributed by atoms with van der Waals surface area (Å²) in [6, 6.07) is 14.3. The lowest BCUT2D eigenvalue weighted by Crippen LogP contribution is -2.16. The van der Waals surface area contributed by atoms with Crippen LogP contribution in [-0.2, 0) is 6.54 Å². The van der Waals surface area contributed by atoms with Crippen LogP contribution in [0.5, 0.6) is 5.75 Å². The minimum Gasteiger partial charge on any atom is -0.497 e. The predicted molar refractivity (Wildman–Crippen MR) is 87.9 cm³/mol. The first-order valence-corrected chi connectivity index (χ1v) is 7.37. The van der Waals surface area contributed by atoms with Gasteiger partial charge in [0.15, 0.2) is 0 Å². The number of fused-ring (bicyclic) bond motifs is 1. The van der Waals surface area contributed by atoms with E-state index in [2.05, 4.69) is 42.3 Å². The van der Waals surface area contributed by atoms with Crippen molar-refractivity contribution in [2.45, 2.75) is 6.54 Å². The van der Waals surface area contributed by atoms with Gasteiger partial charge in [0.25, 0.3) is 0 Å². The molecule has 0 aromatic heterocycles. The fourth-order valence-electron chi connectivity index (χ4n) is 2.71. The second kappa shape index (κ2) is 5.92. The molecule has 1 aliphatic rings. The molecule has 2 aromatic carbocycles.